The Labute approximate surface area is 193 Å². The second-order valence-electron chi connectivity index (χ2n) is 7.77. The topological polar surface area (TPSA) is 63.5 Å². The molecular formula is C24H29N5O2S. The summed E-state index contributed by atoms with van der Waals surface area (Å²) < 4.78 is 7.56. The maximum absolute atomic E-state index is 13.1. The largest absolute Gasteiger partial charge is 0.378 e. The summed E-state index contributed by atoms with van der Waals surface area (Å²) >= 11 is 1.43. The number of anilines is 2. The lowest BCUT2D eigenvalue weighted by molar-refractivity contribution is -0.116. The molecule has 0 aliphatic carbocycles. The van der Waals surface area contributed by atoms with E-state index in [1.165, 1.54) is 11.8 Å². The number of hydrogen-bond acceptors (Lipinski definition) is 6. The molecule has 4 rings (SSSR count). The van der Waals surface area contributed by atoms with Crippen molar-refractivity contribution in [2.24, 2.45) is 0 Å². The van der Waals surface area contributed by atoms with Crippen LogP contribution in [-0.4, -0.2) is 59.3 Å². The van der Waals surface area contributed by atoms with Gasteiger partial charge in [0.05, 0.1) is 24.7 Å². The van der Waals surface area contributed by atoms with E-state index in [4.69, 9.17) is 4.74 Å². The third kappa shape index (κ3) is 4.81. The average molecular weight is 452 g/mol. The monoisotopic (exact) mass is 451 g/mol. The molecule has 0 atom stereocenters. The number of rotatable bonds is 7. The Kier molecular flexibility index (Phi) is 7.12. The molecule has 1 aliphatic rings. The maximum Gasteiger partial charge on any atom is 0.237 e. The van der Waals surface area contributed by atoms with E-state index in [2.05, 4.69) is 44.8 Å². The van der Waals surface area contributed by atoms with Crippen LogP contribution in [0.15, 0.2) is 53.7 Å². The number of benzene rings is 2. The molecule has 8 heteroatoms. The lowest BCUT2D eigenvalue weighted by Gasteiger charge is -2.28. The first kappa shape index (κ1) is 22.4. The smallest absolute Gasteiger partial charge is 0.237 e. The van der Waals surface area contributed by atoms with Crippen molar-refractivity contribution in [3.05, 3.63) is 59.7 Å². The first-order chi connectivity index (χ1) is 15.6. The second-order valence-corrected chi connectivity index (χ2v) is 8.71. The maximum atomic E-state index is 13.1. The van der Waals surface area contributed by atoms with Gasteiger partial charge in [-0.15, -0.1) is 10.2 Å². The van der Waals surface area contributed by atoms with E-state index in [1.54, 1.807) is 0 Å². The van der Waals surface area contributed by atoms with Crippen LogP contribution in [0.4, 0.5) is 11.6 Å². The summed E-state index contributed by atoms with van der Waals surface area (Å²) in [5, 5.41) is 9.68. The van der Waals surface area contributed by atoms with E-state index >= 15 is 0 Å². The van der Waals surface area contributed by atoms with Gasteiger partial charge in [-0.3, -0.25) is 9.36 Å². The molecule has 0 radical (unpaired) electrons. The lowest BCUT2D eigenvalue weighted by atomic mass is 10.2. The Hall–Kier alpha value is -2.84. The number of para-hydroxylation sites is 1. The van der Waals surface area contributed by atoms with E-state index in [9.17, 15) is 4.79 Å². The Morgan fingerprint density at radius 3 is 2.59 bits per heavy atom. The zero-order valence-electron chi connectivity index (χ0n) is 18.8. The van der Waals surface area contributed by atoms with Crippen LogP contribution in [0.5, 0.6) is 0 Å². The fourth-order valence-electron chi connectivity index (χ4n) is 3.87. The number of aryl methyl sites for hydroxylation is 2. The molecule has 2 aromatic carbocycles. The molecule has 168 valence electrons. The number of hydrogen-bond donors (Lipinski definition) is 0. The van der Waals surface area contributed by atoms with Crippen LogP contribution in [0.2, 0.25) is 0 Å². The molecular weight excluding hydrogens is 422 g/mol. The number of carbonyl (C=O) groups excluding carboxylic acids is 1. The molecule has 1 amide bonds. The van der Waals surface area contributed by atoms with E-state index in [-0.39, 0.29) is 11.7 Å². The minimum atomic E-state index is 0.0542. The van der Waals surface area contributed by atoms with Gasteiger partial charge in [-0.25, -0.2) is 0 Å². The van der Waals surface area contributed by atoms with Gasteiger partial charge >= 0.3 is 0 Å². The highest BCUT2D eigenvalue weighted by Gasteiger charge is 2.23. The highest BCUT2D eigenvalue weighted by atomic mass is 32.2. The standard InChI is InChI=1S/C24H29N5O2S/c1-4-28(21-11-6-5-9-19(21)3)22(30)17-32-24-26-25-23(27-12-14-31-15-13-27)29(24)20-10-7-8-18(2)16-20/h5-11,16H,4,12-15,17H2,1-3H3. The lowest BCUT2D eigenvalue weighted by Crippen LogP contribution is -2.38. The van der Waals surface area contributed by atoms with Crippen LogP contribution < -0.4 is 9.80 Å². The Bertz CT molecular complexity index is 1080. The minimum absolute atomic E-state index is 0.0542. The van der Waals surface area contributed by atoms with Gasteiger partial charge in [0.25, 0.3) is 0 Å². The average Bonchev–Trinajstić information content (AvgIpc) is 3.24. The summed E-state index contributed by atoms with van der Waals surface area (Å²) in [7, 11) is 0. The van der Waals surface area contributed by atoms with Gasteiger partial charge in [0, 0.05) is 25.3 Å². The molecule has 1 aliphatic heterocycles. The van der Waals surface area contributed by atoms with E-state index in [0.717, 1.165) is 41.5 Å². The third-order valence-corrected chi connectivity index (χ3v) is 6.43. The molecule has 0 unspecified atom stereocenters. The van der Waals surface area contributed by atoms with Crippen LogP contribution in [-0.2, 0) is 9.53 Å². The van der Waals surface area contributed by atoms with Crippen LogP contribution in [0, 0.1) is 13.8 Å². The fourth-order valence-corrected chi connectivity index (χ4v) is 4.69. The first-order valence-corrected chi connectivity index (χ1v) is 11.9. The van der Waals surface area contributed by atoms with Crippen molar-refractivity contribution in [2.75, 3.05) is 48.4 Å². The quantitative estimate of drug-likeness (QED) is 0.508. The van der Waals surface area contributed by atoms with E-state index in [1.807, 2.05) is 49.1 Å². The fraction of sp³-hybridized carbons (Fsp3) is 0.375. The molecule has 0 spiro atoms. The zero-order chi connectivity index (χ0) is 22.5. The predicted octanol–water partition coefficient (Wildman–Crippen LogP) is 3.87. The van der Waals surface area contributed by atoms with Gasteiger partial charge in [0.2, 0.25) is 11.9 Å². The van der Waals surface area contributed by atoms with Crippen molar-refractivity contribution >= 4 is 29.3 Å². The van der Waals surface area contributed by atoms with Crippen LogP contribution in [0.25, 0.3) is 5.69 Å². The number of carbonyl (C=O) groups is 1. The molecule has 7 nitrogen and oxygen atoms in total. The number of nitrogens with zero attached hydrogens (tertiary/aromatic N) is 5. The number of thioether (sulfide) groups is 1. The summed E-state index contributed by atoms with van der Waals surface area (Å²) in [6, 6.07) is 16.2. The summed E-state index contributed by atoms with van der Waals surface area (Å²) in [5.41, 5.74) is 4.20. The number of morpholine rings is 1. The van der Waals surface area contributed by atoms with Crippen molar-refractivity contribution in [1.82, 2.24) is 14.8 Å². The van der Waals surface area contributed by atoms with E-state index < -0.39 is 0 Å². The summed E-state index contributed by atoms with van der Waals surface area (Å²) in [6.07, 6.45) is 0. The molecule has 2 heterocycles. The number of amides is 1. The molecule has 32 heavy (non-hydrogen) atoms. The van der Waals surface area contributed by atoms with Gasteiger partial charge in [-0.05, 0) is 50.1 Å². The Morgan fingerprint density at radius 1 is 1.09 bits per heavy atom. The molecule has 1 saturated heterocycles. The molecule has 1 aromatic heterocycles. The Balaban J connectivity index is 1.60. The van der Waals surface area contributed by atoms with Crippen molar-refractivity contribution in [1.29, 1.82) is 0 Å². The highest BCUT2D eigenvalue weighted by Crippen LogP contribution is 2.28. The predicted molar refractivity (Wildman–Crippen MR) is 129 cm³/mol. The molecule has 0 bridgehead atoms. The number of ether oxygens (including phenoxy) is 1. The van der Waals surface area contributed by atoms with Crippen molar-refractivity contribution in [3.63, 3.8) is 0 Å². The first-order valence-electron chi connectivity index (χ1n) is 10.9. The van der Waals surface area contributed by atoms with E-state index in [0.29, 0.717) is 24.9 Å². The molecule has 1 fully saturated rings. The Morgan fingerprint density at radius 2 is 1.88 bits per heavy atom. The van der Waals surface area contributed by atoms with Crippen LogP contribution >= 0.6 is 11.8 Å². The van der Waals surface area contributed by atoms with Gasteiger partial charge in [-0.2, -0.15) is 0 Å². The van der Waals surface area contributed by atoms with Crippen molar-refractivity contribution < 1.29 is 9.53 Å². The van der Waals surface area contributed by atoms with Gasteiger partial charge < -0.3 is 14.5 Å². The minimum Gasteiger partial charge on any atom is -0.378 e. The zero-order valence-corrected chi connectivity index (χ0v) is 19.6. The van der Waals surface area contributed by atoms with Crippen molar-refractivity contribution in [3.8, 4) is 5.69 Å². The molecule has 0 saturated carbocycles. The molecule has 3 aromatic rings. The van der Waals surface area contributed by atoms with Crippen molar-refractivity contribution in [2.45, 2.75) is 25.9 Å². The highest BCUT2D eigenvalue weighted by molar-refractivity contribution is 7.99. The summed E-state index contributed by atoms with van der Waals surface area (Å²) in [4.78, 5) is 17.2. The second kappa shape index (κ2) is 10.2. The number of aromatic nitrogens is 3. The summed E-state index contributed by atoms with van der Waals surface area (Å²) in [5.74, 6) is 1.13. The van der Waals surface area contributed by atoms with Gasteiger partial charge in [0.15, 0.2) is 5.16 Å². The van der Waals surface area contributed by atoms with Gasteiger partial charge in [-0.1, -0.05) is 42.1 Å². The van der Waals surface area contributed by atoms with Gasteiger partial charge in [0.1, 0.15) is 0 Å². The SMILES string of the molecule is CCN(C(=O)CSc1nnc(N2CCOCC2)n1-c1cccc(C)c1)c1ccccc1C. The van der Waals surface area contributed by atoms with Crippen LogP contribution in [0.1, 0.15) is 18.1 Å². The third-order valence-electron chi connectivity index (χ3n) is 5.52. The summed E-state index contributed by atoms with van der Waals surface area (Å²) in [6.45, 7) is 9.60. The normalized spacial score (nSPS) is 13.9. The van der Waals surface area contributed by atoms with Crippen LogP contribution in [0.3, 0.4) is 0 Å². The molecule has 0 N–H and O–H groups in total.